The second kappa shape index (κ2) is 7.76. The molecule has 0 spiro atoms. The Bertz CT molecular complexity index is 160. The van der Waals surface area contributed by atoms with Gasteiger partial charge in [-0.1, -0.05) is 20.8 Å². The van der Waals surface area contributed by atoms with Crippen molar-refractivity contribution in [2.75, 3.05) is 19.7 Å². The Labute approximate surface area is 86.1 Å². The fourth-order valence-electron chi connectivity index (χ4n) is 1.27. The van der Waals surface area contributed by atoms with Gasteiger partial charge in [-0.05, 0) is 18.9 Å². The molecule has 0 aromatic carbocycles. The van der Waals surface area contributed by atoms with Crippen LogP contribution in [0, 0.1) is 5.92 Å². The van der Waals surface area contributed by atoms with Crippen molar-refractivity contribution in [1.82, 2.24) is 10.6 Å². The normalized spacial score (nSPS) is 12.9. The van der Waals surface area contributed by atoms with Gasteiger partial charge in [-0.25, -0.2) is 0 Å². The summed E-state index contributed by atoms with van der Waals surface area (Å²) in [5.74, 6) is 0.429. The Kier molecular flexibility index (Phi) is 7.42. The summed E-state index contributed by atoms with van der Waals surface area (Å²) < 4.78 is 0. The van der Waals surface area contributed by atoms with E-state index >= 15 is 0 Å². The lowest BCUT2D eigenvalue weighted by Crippen LogP contribution is -2.42. The summed E-state index contributed by atoms with van der Waals surface area (Å²) in [7, 11) is 0. The lowest BCUT2D eigenvalue weighted by Gasteiger charge is -2.18. The van der Waals surface area contributed by atoms with E-state index in [0.29, 0.717) is 12.5 Å². The molecule has 3 N–H and O–H groups in total. The number of carbonyl (C=O) groups is 1. The molecule has 0 heterocycles. The minimum atomic E-state index is -0.110. The number of aliphatic hydroxyl groups is 1. The number of hydrogen-bond donors (Lipinski definition) is 3. The minimum absolute atomic E-state index is 0.00997. The van der Waals surface area contributed by atoms with Crippen LogP contribution in [-0.2, 0) is 4.79 Å². The Morgan fingerprint density at radius 3 is 2.50 bits per heavy atom. The fraction of sp³-hybridized carbons (Fsp3) is 0.900. The van der Waals surface area contributed by atoms with Crippen molar-refractivity contribution in [2.45, 2.75) is 33.2 Å². The van der Waals surface area contributed by atoms with E-state index in [0.717, 1.165) is 13.0 Å². The molecule has 0 aromatic rings. The SMILES string of the molecule is CCNCC(=O)NC(CO)CC(C)C. The van der Waals surface area contributed by atoms with E-state index in [9.17, 15) is 4.79 Å². The van der Waals surface area contributed by atoms with Gasteiger partial charge >= 0.3 is 0 Å². The number of likely N-dealkylation sites (N-methyl/N-ethyl adjacent to an activating group) is 1. The van der Waals surface area contributed by atoms with E-state index < -0.39 is 0 Å². The summed E-state index contributed by atoms with van der Waals surface area (Å²) in [6.07, 6.45) is 0.814. The van der Waals surface area contributed by atoms with Crippen molar-refractivity contribution in [1.29, 1.82) is 0 Å². The van der Waals surface area contributed by atoms with Crippen LogP contribution in [-0.4, -0.2) is 36.8 Å². The molecule has 1 atom stereocenters. The molecule has 0 aliphatic carbocycles. The quantitative estimate of drug-likeness (QED) is 0.549. The van der Waals surface area contributed by atoms with E-state index in [-0.39, 0.29) is 18.6 Å². The minimum Gasteiger partial charge on any atom is -0.394 e. The van der Waals surface area contributed by atoms with Crippen molar-refractivity contribution in [2.24, 2.45) is 5.92 Å². The first-order valence-electron chi connectivity index (χ1n) is 5.21. The fourth-order valence-corrected chi connectivity index (χ4v) is 1.27. The summed E-state index contributed by atoms with van der Waals surface area (Å²) >= 11 is 0. The zero-order chi connectivity index (χ0) is 11.0. The van der Waals surface area contributed by atoms with Crippen molar-refractivity contribution in [3.63, 3.8) is 0 Å². The number of rotatable bonds is 7. The van der Waals surface area contributed by atoms with E-state index in [1.165, 1.54) is 0 Å². The highest BCUT2D eigenvalue weighted by Crippen LogP contribution is 2.03. The first kappa shape index (κ1) is 13.4. The molecule has 0 fully saturated rings. The van der Waals surface area contributed by atoms with Gasteiger partial charge in [-0.3, -0.25) is 4.79 Å². The van der Waals surface area contributed by atoms with Crippen molar-refractivity contribution >= 4 is 5.91 Å². The average Bonchev–Trinajstić information content (AvgIpc) is 2.12. The van der Waals surface area contributed by atoms with Gasteiger partial charge in [0.15, 0.2) is 0 Å². The number of amides is 1. The highest BCUT2D eigenvalue weighted by molar-refractivity contribution is 5.78. The molecule has 14 heavy (non-hydrogen) atoms. The van der Waals surface area contributed by atoms with Gasteiger partial charge in [0.1, 0.15) is 0 Å². The molecule has 4 nitrogen and oxygen atoms in total. The Morgan fingerprint density at radius 1 is 1.43 bits per heavy atom. The maximum absolute atomic E-state index is 11.3. The zero-order valence-corrected chi connectivity index (χ0v) is 9.34. The van der Waals surface area contributed by atoms with E-state index in [1.807, 2.05) is 6.92 Å². The number of nitrogens with one attached hydrogen (secondary N) is 2. The standard InChI is InChI=1S/C10H22N2O2/c1-4-11-6-10(14)12-9(7-13)5-8(2)3/h8-9,11,13H,4-7H2,1-3H3,(H,12,14). The van der Waals surface area contributed by atoms with E-state index in [1.54, 1.807) is 0 Å². The molecule has 0 saturated carbocycles. The third kappa shape index (κ3) is 6.86. The molecule has 0 aromatic heterocycles. The van der Waals surface area contributed by atoms with Gasteiger partial charge in [0, 0.05) is 0 Å². The smallest absolute Gasteiger partial charge is 0.234 e. The van der Waals surface area contributed by atoms with Crippen LogP contribution in [0.5, 0.6) is 0 Å². The van der Waals surface area contributed by atoms with Gasteiger partial charge in [-0.2, -0.15) is 0 Å². The predicted octanol–water partition coefficient (Wildman–Crippen LogP) is 0.119. The summed E-state index contributed by atoms with van der Waals surface area (Å²) in [4.78, 5) is 11.3. The summed E-state index contributed by atoms with van der Waals surface area (Å²) in [5.41, 5.74) is 0. The average molecular weight is 202 g/mol. The highest BCUT2D eigenvalue weighted by atomic mass is 16.3. The first-order valence-corrected chi connectivity index (χ1v) is 5.21. The van der Waals surface area contributed by atoms with Crippen LogP contribution in [0.25, 0.3) is 0 Å². The molecule has 0 saturated heterocycles. The molecule has 0 rings (SSSR count). The lowest BCUT2D eigenvalue weighted by atomic mass is 10.0. The Hall–Kier alpha value is -0.610. The van der Waals surface area contributed by atoms with Crippen molar-refractivity contribution in [3.05, 3.63) is 0 Å². The molecule has 84 valence electrons. The van der Waals surface area contributed by atoms with E-state index in [4.69, 9.17) is 5.11 Å². The molecule has 0 aliphatic rings. The van der Waals surface area contributed by atoms with Crippen LogP contribution in [0.3, 0.4) is 0 Å². The maximum Gasteiger partial charge on any atom is 0.234 e. The topological polar surface area (TPSA) is 61.4 Å². The van der Waals surface area contributed by atoms with Crippen molar-refractivity contribution in [3.8, 4) is 0 Å². The van der Waals surface area contributed by atoms with Crippen LogP contribution < -0.4 is 10.6 Å². The van der Waals surface area contributed by atoms with Crippen LogP contribution in [0.4, 0.5) is 0 Å². The summed E-state index contributed by atoms with van der Waals surface area (Å²) in [6.45, 7) is 7.20. The van der Waals surface area contributed by atoms with E-state index in [2.05, 4.69) is 24.5 Å². The summed E-state index contributed by atoms with van der Waals surface area (Å²) in [5, 5.41) is 14.7. The predicted molar refractivity (Wildman–Crippen MR) is 57.0 cm³/mol. The van der Waals surface area contributed by atoms with Crippen molar-refractivity contribution < 1.29 is 9.90 Å². The summed E-state index contributed by atoms with van der Waals surface area (Å²) in [6, 6.07) is -0.110. The third-order valence-electron chi connectivity index (χ3n) is 1.88. The Morgan fingerprint density at radius 2 is 2.07 bits per heavy atom. The molecule has 0 aliphatic heterocycles. The zero-order valence-electron chi connectivity index (χ0n) is 9.34. The van der Waals surface area contributed by atoms with Gasteiger partial charge in [0.25, 0.3) is 0 Å². The van der Waals surface area contributed by atoms with Crippen LogP contribution in [0.2, 0.25) is 0 Å². The molecular weight excluding hydrogens is 180 g/mol. The second-order valence-electron chi connectivity index (χ2n) is 3.86. The number of aliphatic hydroxyl groups excluding tert-OH is 1. The molecule has 0 bridgehead atoms. The van der Waals surface area contributed by atoms with Gasteiger partial charge < -0.3 is 15.7 Å². The number of hydrogen-bond acceptors (Lipinski definition) is 3. The second-order valence-corrected chi connectivity index (χ2v) is 3.86. The molecule has 4 heteroatoms. The van der Waals surface area contributed by atoms with Crippen LogP contribution in [0.15, 0.2) is 0 Å². The third-order valence-corrected chi connectivity index (χ3v) is 1.88. The Balaban J connectivity index is 3.74. The van der Waals surface area contributed by atoms with Gasteiger partial charge in [0.2, 0.25) is 5.91 Å². The van der Waals surface area contributed by atoms with Crippen LogP contribution >= 0.6 is 0 Å². The molecule has 0 radical (unpaired) electrons. The molecule has 1 unspecified atom stereocenters. The van der Waals surface area contributed by atoms with Gasteiger partial charge in [-0.15, -0.1) is 0 Å². The molecular formula is C10H22N2O2. The molecule has 1 amide bonds. The van der Waals surface area contributed by atoms with Gasteiger partial charge in [0.05, 0.1) is 19.2 Å². The number of carbonyl (C=O) groups excluding carboxylic acids is 1. The van der Waals surface area contributed by atoms with Crippen LogP contribution in [0.1, 0.15) is 27.2 Å². The maximum atomic E-state index is 11.3. The lowest BCUT2D eigenvalue weighted by molar-refractivity contribution is -0.121. The first-order chi connectivity index (χ1) is 6.60. The highest BCUT2D eigenvalue weighted by Gasteiger charge is 2.11. The monoisotopic (exact) mass is 202 g/mol. The largest absolute Gasteiger partial charge is 0.394 e.